The second-order valence-electron chi connectivity index (χ2n) is 4.78. The number of benzene rings is 1. The topological polar surface area (TPSA) is 38.0 Å². The van der Waals surface area contributed by atoms with Crippen LogP contribution in [0.1, 0.15) is 37.1 Å². The minimum absolute atomic E-state index is 0.274. The summed E-state index contributed by atoms with van der Waals surface area (Å²) in [6, 6.07) is 5.70. The molecule has 2 aromatic rings. The Morgan fingerprint density at radius 3 is 2.68 bits per heavy atom. The highest BCUT2D eigenvalue weighted by Crippen LogP contribution is 2.29. The molecule has 1 aromatic heterocycles. The molecule has 5 heteroatoms. The molecule has 1 heterocycles. The fraction of sp³-hybridized carbons (Fsp3) is 0.357. The predicted molar refractivity (Wildman–Crippen MR) is 77.7 cm³/mol. The number of hydrogen-bond donors (Lipinski definition) is 1. The summed E-state index contributed by atoms with van der Waals surface area (Å²) < 4.78 is 1.82. The van der Waals surface area contributed by atoms with Gasteiger partial charge < -0.3 is 5.11 Å². The smallest absolute Gasteiger partial charge is 0.0861 e. The summed E-state index contributed by atoms with van der Waals surface area (Å²) in [7, 11) is 0. The zero-order chi connectivity index (χ0) is 14.0. The first-order valence-electron chi connectivity index (χ1n) is 6.14. The van der Waals surface area contributed by atoms with Crippen LogP contribution < -0.4 is 0 Å². The van der Waals surface area contributed by atoms with Gasteiger partial charge in [-0.15, -0.1) is 0 Å². The maximum Gasteiger partial charge on any atom is 0.0861 e. The van der Waals surface area contributed by atoms with E-state index >= 15 is 0 Å². The van der Waals surface area contributed by atoms with E-state index in [0.717, 1.165) is 11.1 Å². The van der Waals surface area contributed by atoms with Crippen LogP contribution in [0.15, 0.2) is 30.6 Å². The number of hydrogen-bond acceptors (Lipinski definition) is 2. The molecule has 0 aliphatic heterocycles. The lowest BCUT2D eigenvalue weighted by atomic mass is 10.0. The van der Waals surface area contributed by atoms with Crippen LogP contribution in [0.3, 0.4) is 0 Å². The minimum Gasteiger partial charge on any atom is -0.388 e. The molecular formula is C14H16Cl2N2O. The molecule has 0 aliphatic carbocycles. The normalized spacial score (nSPS) is 12.9. The first-order chi connectivity index (χ1) is 8.99. The van der Waals surface area contributed by atoms with Gasteiger partial charge in [0.25, 0.3) is 0 Å². The van der Waals surface area contributed by atoms with E-state index in [4.69, 9.17) is 23.2 Å². The van der Waals surface area contributed by atoms with Crippen LogP contribution in [0.25, 0.3) is 0 Å². The molecule has 1 N–H and O–H groups in total. The van der Waals surface area contributed by atoms with Crippen LogP contribution >= 0.6 is 23.2 Å². The Labute approximate surface area is 122 Å². The van der Waals surface area contributed by atoms with Crippen LogP contribution in [0.5, 0.6) is 0 Å². The van der Waals surface area contributed by atoms with Crippen molar-refractivity contribution in [2.75, 3.05) is 0 Å². The lowest BCUT2D eigenvalue weighted by molar-refractivity contribution is 0.178. The van der Waals surface area contributed by atoms with E-state index in [2.05, 4.69) is 5.10 Å². The zero-order valence-corrected chi connectivity index (χ0v) is 12.4. The van der Waals surface area contributed by atoms with Crippen molar-refractivity contribution in [1.29, 1.82) is 0 Å². The van der Waals surface area contributed by atoms with Crippen LogP contribution in [0.2, 0.25) is 10.0 Å². The van der Waals surface area contributed by atoms with Crippen molar-refractivity contribution in [2.45, 2.75) is 32.4 Å². The van der Waals surface area contributed by atoms with E-state index < -0.39 is 6.10 Å². The molecule has 0 saturated carbocycles. The summed E-state index contributed by atoms with van der Waals surface area (Å²) in [5.41, 5.74) is 1.61. The molecule has 1 atom stereocenters. The largest absolute Gasteiger partial charge is 0.388 e. The molecule has 102 valence electrons. The number of rotatable bonds is 4. The first kappa shape index (κ1) is 14.4. The van der Waals surface area contributed by atoms with Gasteiger partial charge in [0, 0.05) is 24.2 Å². The third-order valence-corrected chi connectivity index (χ3v) is 3.84. The lowest BCUT2D eigenvalue weighted by Gasteiger charge is -2.11. The first-order valence-corrected chi connectivity index (χ1v) is 6.89. The monoisotopic (exact) mass is 298 g/mol. The van der Waals surface area contributed by atoms with E-state index in [1.807, 2.05) is 36.9 Å². The van der Waals surface area contributed by atoms with Gasteiger partial charge in [-0.05, 0) is 25.5 Å². The Kier molecular flexibility index (Phi) is 4.50. The van der Waals surface area contributed by atoms with Gasteiger partial charge in [-0.1, -0.05) is 35.3 Å². The summed E-state index contributed by atoms with van der Waals surface area (Å²) in [4.78, 5) is 0. The highest BCUT2D eigenvalue weighted by atomic mass is 35.5. The van der Waals surface area contributed by atoms with Gasteiger partial charge in [0.15, 0.2) is 0 Å². The molecule has 0 saturated heterocycles. The fourth-order valence-corrected chi connectivity index (χ4v) is 2.24. The van der Waals surface area contributed by atoms with Crippen molar-refractivity contribution < 1.29 is 5.11 Å². The van der Waals surface area contributed by atoms with E-state index in [-0.39, 0.29) is 6.04 Å². The summed E-state index contributed by atoms with van der Waals surface area (Å²) in [5.74, 6) is 0. The Hall–Kier alpha value is -1.03. The summed E-state index contributed by atoms with van der Waals surface area (Å²) >= 11 is 12.1. The van der Waals surface area contributed by atoms with Gasteiger partial charge in [0.1, 0.15) is 0 Å². The maximum atomic E-state index is 10.2. The number of halogens is 2. The molecule has 0 bridgehead atoms. The quantitative estimate of drug-likeness (QED) is 0.925. The number of nitrogens with zero attached hydrogens (tertiary/aromatic N) is 2. The average Bonchev–Trinajstić information content (AvgIpc) is 2.84. The van der Waals surface area contributed by atoms with Gasteiger partial charge in [0.05, 0.1) is 22.3 Å². The molecule has 0 radical (unpaired) electrons. The molecule has 0 fully saturated rings. The van der Waals surface area contributed by atoms with Crippen molar-refractivity contribution in [2.24, 2.45) is 0 Å². The fourth-order valence-electron chi connectivity index (χ4n) is 1.84. The van der Waals surface area contributed by atoms with Gasteiger partial charge in [-0.3, -0.25) is 4.68 Å². The minimum atomic E-state index is -0.636. The van der Waals surface area contributed by atoms with Crippen LogP contribution in [-0.2, 0) is 6.42 Å². The Bertz CT molecular complexity index is 566. The highest BCUT2D eigenvalue weighted by molar-refractivity contribution is 6.42. The molecule has 3 nitrogen and oxygen atoms in total. The van der Waals surface area contributed by atoms with Crippen molar-refractivity contribution in [3.8, 4) is 0 Å². The lowest BCUT2D eigenvalue weighted by Crippen LogP contribution is -2.03. The summed E-state index contributed by atoms with van der Waals surface area (Å²) in [5, 5.41) is 15.4. The second kappa shape index (κ2) is 5.95. The van der Waals surface area contributed by atoms with E-state index in [1.54, 1.807) is 12.3 Å². The number of aliphatic hydroxyl groups excluding tert-OH is 1. The third-order valence-electron chi connectivity index (χ3n) is 2.98. The Morgan fingerprint density at radius 2 is 2.05 bits per heavy atom. The molecule has 0 amide bonds. The number of aromatic nitrogens is 2. The van der Waals surface area contributed by atoms with E-state index in [9.17, 15) is 5.11 Å². The van der Waals surface area contributed by atoms with Crippen molar-refractivity contribution in [1.82, 2.24) is 9.78 Å². The standard InChI is InChI=1S/C14H16Cl2N2O/c1-9(2)18-8-11(7-17-18)13(19)6-10-4-3-5-12(15)14(10)16/h3-5,7-9,13,19H,6H2,1-2H3. The van der Waals surface area contributed by atoms with Gasteiger partial charge >= 0.3 is 0 Å². The second-order valence-corrected chi connectivity index (χ2v) is 5.57. The zero-order valence-electron chi connectivity index (χ0n) is 10.8. The maximum absolute atomic E-state index is 10.2. The molecule has 0 spiro atoms. The van der Waals surface area contributed by atoms with Crippen LogP contribution in [0, 0.1) is 0 Å². The molecular weight excluding hydrogens is 283 g/mol. The molecule has 1 aromatic carbocycles. The Balaban J connectivity index is 2.16. The Morgan fingerprint density at radius 1 is 1.32 bits per heavy atom. The van der Waals surface area contributed by atoms with Gasteiger partial charge in [0.2, 0.25) is 0 Å². The highest BCUT2D eigenvalue weighted by Gasteiger charge is 2.14. The van der Waals surface area contributed by atoms with E-state index in [0.29, 0.717) is 16.5 Å². The van der Waals surface area contributed by atoms with Crippen molar-refractivity contribution in [3.63, 3.8) is 0 Å². The molecule has 0 aliphatic rings. The summed E-state index contributed by atoms with van der Waals surface area (Å²) in [6.45, 7) is 4.08. The van der Waals surface area contributed by atoms with Crippen molar-refractivity contribution >= 4 is 23.2 Å². The average molecular weight is 299 g/mol. The van der Waals surface area contributed by atoms with Crippen molar-refractivity contribution in [3.05, 3.63) is 51.8 Å². The van der Waals surface area contributed by atoms with Crippen LogP contribution in [0.4, 0.5) is 0 Å². The predicted octanol–water partition coefficient (Wildman–Crippen LogP) is 4.05. The van der Waals surface area contributed by atoms with Crippen LogP contribution in [-0.4, -0.2) is 14.9 Å². The van der Waals surface area contributed by atoms with E-state index in [1.165, 1.54) is 0 Å². The summed E-state index contributed by atoms with van der Waals surface area (Å²) in [6.07, 6.45) is 3.32. The molecule has 19 heavy (non-hydrogen) atoms. The third kappa shape index (κ3) is 3.30. The number of aliphatic hydroxyl groups is 1. The van der Waals surface area contributed by atoms with Gasteiger partial charge in [-0.2, -0.15) is 5.10 Å². The SMILES string of the molecule is CC(C)n1cc(C(O)Cc2cccc(Cl)c2Cl)cn1. The van der Waals surface area contributed by atoms with Gasteiger partial charge in [-0.25, -0.2) is 0 Å². The molecule has 2 rings (SSSR count). The molecule has 1 unspecified atom stereocenters.